The van der Waals surface area contributed by atoms with Gasteiger partial charge in [0.15, 0.2) is 0 Å². The van der Waals surface area contributed by atoms with Gasteiger partial charge in [-0.15, -0.1) is 0 Å². The standard InChI is InChI=1S/C2H6O2.CN.Co.Zn/c3-1-2-4;1-2;;/h3-4H,1-2H2;;;/q;-1;;. The molecule has 0 saturated heterocycles. The van der Waals surface area contributed by atoms with E-state index < -0.39 is 0 Å². The maximum absolute atomic E-state index is 7.62. The number of hydrogen-bond donors (Lipinski definition) is 2. The van der Waals surface area contributed by atoms with Crippen LogP contribution in [0, 0.1) is 11.8 Å². The van der Waals surface area contributed by atoms with Crippen molar-refractivity contribution in [3.05, 3.63) is 6.57 Å². The summed E-state index contributed by atoms with van der Waals surface area (Å²) in [7, 11) is 0. The number of rotatable bonds is 1. The molecule has 0 amide bonds. The van der Waals surface area contributed by atoms with Gasteiger partial charge >= 0.3 is 0 Å². The smallest absolute Gasteiger partial charge is 0.0662 e. The Kier molecular flexibility index (Phi) is 147. The van der Waals surface area contributed by atoms with Crippen molar-refractivity contribution in [2.75, 3.05) is 13.2 Å². The van der Waals surface area contributed by atoms with E-state index in [0.29, 0.717) is 0 Å². The molecule has 0 bridgehead atoms. The molecule has 0 spiro atoms. The Morgan fingerprint density at radius 1 is 1.12 bits per heavy atom. The van der Waals surface area contributed by atoms with E-state index in [-0.39, 0.29) is 49.5 Å². The quantitative estimate of drug-likeness (QED) is 0.436. The summed E-state index contributed by atoms with van der Waals surface area (Å²) in [4.78, 5) is 0. The van der Waals surface area contributed by atoms with Crippen molar-refractivity contribution in [1.29, 1.82) is 5.26 Å². The molecular weight excluding hydrogens is 206 g/mol. The molecule has 0 aliphatic carbocycles. The average molecular weight is 212 g/mol. The van der Waals surface area contributed by atoms with Crippen LogP contribution >= 0.6 is 0 Å². The number of aliphatic hydroxyl groups excluding tert-OH is 2. The normalized spacial score (nSPS) is 4.00. The van der Waals surface area contributed by atoms with Crippen LogP contribution in [-0.2, 0) is 36.3 Å². The fourth-order valence-corrected chi connectivity index (χ4v) is 0. The van der Waals surface area contributed by atoms with Crippen molar-refractivity contribution in [1.82, 2.24) is 0 Å². The van der Waals surface area contributed by atoms with Gasteiger partial charge in [0.1, 0.15) is 0 Å². The summed E-state index contributed by atoms with van der Waals surface area (Å²) < 4.78 is 0. The zero-order valence-electron chi connectivity index (χ0n) is 4.30. The summed E-state index contributed by atoms with van der Waals surface area (Å²) in [6.07, 6.45) is 0. The molecule has 2 N–H and O–H groups in total. The zero-order valence-corrected chi connectivity index (χ0v) is 8.30. The van der Waals surface area contributed by atoms with Gasteiger partial charge in [0, 0.05) is 36.3 Å². The van der Waals surface area contributed by atoms with E-state index in [9.17, 15) is 0 Å². The number of nitrogens with zero attached hydrogens (tertiary/aromatic N) is 1. The van der Waals surface area contributed by atoms with Gasteiger partial charge in [-0.3, -0.25) is 0 Å². The van der Waals surface area contributed by atoms with Crippen molar-refractivity contribution < 1.29 is 46.5 Å². The van der Waals surface area contributed by atoms with Crippen LogP contribution in [0.4, 0.5) is 0 Å². The molecule has 0 aliphatic rings. The first kappa shape index (κ1) is 23.6. The first-order chi connectivity index (χ1) is 2.91. The van der Waals surface area contributed by atoms with Gasteiger partial charge < -0.3 is 22.0 Å². The van der Waals surface area contributed by atoms with E-state index in [1.165, 1.54) is 0 Å². The summed E-state index contributed by atoms with van der Waals surface area (Å²) in [5.41, 5.74) is 0. The Morgan fingerprint density at radius 2 is 1.25 bits per heavy atom. The molecule has 0 aliphatic heterocycles. The molecule has 0 fully saturated rings. The largest absolute Gasteiger partial charge is 0.512 e. The van der Waals surface area contributed by atoms with Crippen molar-refractivity contribution in [3.63, 3.8) is 0 Å². The summed E-state index contributed by atoms with van der Waals surface area (Å²) in [5.74, 6) is 0. The fourth-order valence-electron chi connectivity index (χ4n) is 0. The van der Waals surface area contributed by atoms with Gasteiger partial charge in [0.05, 0.1) is 13.2 Å². The molecular formula is C3H6CoNO2Zn-. The molecule has 0 aromatic heterocycles. The van der Waals surface area contributed by atoms with E-state index in [2.05, 4.69) is 0 Å². The summed E-state index contributed by atoms with van der Waals surface area (Å²) >= 11 is 0. The second kappa shape index (κ2) is 50.0. The first-order valence-corrected chi connectivity index (χ1v) is 1.36. The Hall–Kier alpha value is 0.540. The van der Waals surface area contributed by atoms with Crippen molar-refractivity contribution in [2.45, 2.75) is 0 Å². The average Bonchev–Trinajstić information content (AvgIpc) is 1.72. The van der Waals surface area contributed by atoms with Crippen LogP contribution in [0.1, 0.15) is 0 Å². The number of aliphatic hydroxyl groups is 2. The van der Waals surface area contributed by atoms with Crippen LogP contribution < -0.4 is 0 Å². The Balaban J connectivity index is -0.0000000183. The molecule has 47 valence electrons. The Morgan fingerprint density at radius 3 is 1.25 bits per heavy atom. The topological polar surface area (TPSA) is 64.2 Å². The fraction of sp³-hybridized carbons (Fsp3) is 0.667. The van der Waals surface area contributed by atoms with Gasteiger partial charge in [-0.25, -0.2) is 0 Å². The predicted octanol–water partition coefficient (Wildman–Crippen LogP) is -0.938. The summed E-state index contributed by atoms with van der Waals surface area (Å²) in [6.45, 7) is 4.50. The van der Waals surface area contributed by atoms with Gasteiger partial charge in [0.25, 0.3) is 0 Å². The van der Waals surface area contributed by atoms with Crippen LogP contribution in [0.5, 0.6) is 0 Å². The monoisotopic (exact) mass is 211 g/mol. The van der Waals surface area contributed by atoms with Crippen LogP contribution in [0.15, 0.2) is 0 Å². The third kappa shape index (κ3) is 84.6. The minimum Gasteiger partial charge on any atom is -0.512 e. The van der Waals surface area contributed by atoms with Crippen LogP contribution in [0.2, 0.25) is 0 Å². The molecule has 0 atom stereocenters. The third-order valence-electron chi connectivity index (χ3n) is 0.1000. The minimum atomic E-state index is -0.125. The van der Waals surface area contributed by atoms with Crippen molar-refractivity contribution >= 4 is 0 Å². The van der Waals surface area contributed by atoms with Gasteiger partial charge in [-0.2, -0.15) is 0 Å². The molecule has 0 saturated carbocycles. The Labute approximate surface area is 71.7 Å². The SMILES string of the molecule is OCCO.[C-]#N.[Co].[Zn]. The molecule has 5 heteroatoms. The third-order valence-corrected chi connectivity index (χ3v) is 0.1000. The van der Waals surface area contributed by atoms with Crippen molar-refractivity contribution in [3.8, 4) is 0 Å². The number of hydrogen-bond acceptors (Lipinski definition) is 3. The van der Waals surface area contributed by atoms with Gasteiger partial charge in [0.2, 0.25) is 0 Å². The van der Waals surface area contributed by atoms with E-state index in [1.54, 1.807) is 0 Å². The van der Waals surface area contributed by atoms with Crippen LogP contribution in [0.25, 0.3) is 0 Å². The molecule has 0 aromatic rings. The van der Waals surface area contributed by atoms with Crippen LogP contribution in [0.3, 0.4) is 0 Å². The summed E-state index contributed by atoms with van der Waals surface area (Å²) in [6, 6.07) is 0. The van der Waals surface area contributed by atoms with E-state index in [0.717, 1.165) is 0 Å². The second-order valence-electron chi connectivity index (χ2n) is 0.447. The van der Waals surface area contributed by atoms with Crippen LogP contribution in [-0.4, -0.2) is 23.4 Å². The molecule has 0 rings (SSSR count). The molecule has 3 nitrogen and oxygen atoms in total. The molecule has 0 unspecified atom stereocenters. The first-order valence-electron chi connectivity index (χ1n) is 1.36. The van der Waals surface area contributed by atoms with E-state index >= 15 is 0 Å². The van der Waals surface area contributed by atoms with E-state index in [4.69, 9.17) is 22.0 Å². The maximum atomic E-state index is 7.62. The van der Waals surface area contributed by atoms with E-state index in [1.807, 2.05) is 0 Å². The van der Waals surface area contributed by atoms with Gasteiger partial charge in [-0.1, -0.05) is 0 Å². The summed E-state index contributed by atoms with van der Waals surface area (Å²) in [5, 5.41) is 21.5. The minimum absolute atomic E-state index is 0. The molecule has 8 heavy (non-hydrogen) atoms. The zero-order chi connectivity index (χ0) is 5.41. The molecule has 1 radical (unpaired) electrons. The Bertz CT molecular complexity index is 33.7. The van der Waals surface area contributed by atoms with Crippen molar-refractivity contribution in [2.24, 2.45) is 0 Å². The molecule has 0 heterocycles. The molecule has 0 aromatic carbocycles. The second-order valence-corrected chi connectivity index (χ2v) is 0.447. The predicted molar refractivity (Wildman–Crippen MR) is 19.1 cm³/mol. The maximum Gasteiger partial charge on any atom is 0.0662 e. The van der Waals surface area contributed by atoms with Gasteiger partial charge in [-0.05, 0) is 0 Å².